The Kier molecular flexibility index (Phi) is 4.28. The van der Waals surface area contributed by atoms with E-state index in [0.29, 0.717) is 23.2 Å². The lowest BCUT2D eigenvalue weighted by molar-refractivity contribution is 0.485. The molecule has 6 heteroatoms. The third-order valence-electron chi connectivity index (χ3n) is 3.30. The van der Waals surface area contributed by atoms with Gasteiger partial charge in [-0.1, -0.05) is 17.9 Å². The number of hydrogen-bond acceptors (Lipinski definition) is 6. The van der Waals surface area contributed by atoms with Crippen molar-refractivity contribution < 1.29 is 4.42 Å². The molecule has 2 N–H and O–H groups in total. The van der Waals surface area contributed by atoms with Crippen LogP contribution < -0.4 is 10.6 Å². The fourth-order valence-corrected chi connectivity index (χ4v) is 3.17. The molecule has 1 saturated carbocycles. The second kappa shape index (κ2) is 5.73. The largest absolute Gasteiger partial charge is 0.407 e. The molecule has 2 rings (SSSR count). The van der Waals surface area contributed by atoms with Crippen molar-refractivity contribution in [2.45, 2.75) is 37.0 Å². The maximum atomic E-state index is 5.47. The van der Waals surface area contributed by atoms with E-state index < -0.39 is 0 Å². The molecule has 1 aliphatic carbocycles. The summed E-state index contributed by atoms with van der Waals surface area (Å²) in [6, 6.07) is 0.538. The molecule has 0 unspecified atom stereocenters. The van der Waals surface area contributed by atoms with Gasteiger partial charge in [-0.2, -0.15) is 11.8 Å². The van der Waals surface area contributed by atoms with Crippen LogP contribution in [0.3, 0.4) is 0 Å². The smallest absolute Gasteiger partial charge is 0.315 e. The van der Waals surface area contributed by atoms with Crippen molar-refractivity contribution in [3.63, 3.8) is 0 Å². The molecule has 1 aliphatic rings. The Hall–Kier alpha value is -0.750. The first-order valence-electron chi connectivity index (χ1n) is 6.04. The second-order valence-corrected chi connectivity index (χ2v) is 5.75. The standard InChI is InChI=1S/C11H20N4OS/c1-12-7-9-14-15-10(16-9)13-8-11(17-2)5-3-4-6-11/h12H,3-8H2,1-2H3,(H,13,15). The zero-order valence-electron chi connectivity index (χ0n) is 10.5. The maximum Gasteiger partial charge on any atom is 0.315 e. The van der Waals surface area contributed by atoms with Crippen molar-refractivity contribution in [1.82, 2.24) is 15.5 Å². The van der Waals surface area contributed by atoms with Crippen molar-refractivity contribution in [2.75, 3.05) is 25.2 Å². The fraction of sp³-hybridized carbons (Fsp3) is 0.818. The number of nitrogens with one attached hydrogen (secondary N) is 2. The molecule has 1 aromatic rings. The molecule has 1 fully saturated rings. The molecular formula is C11H20N4OS. The van der Waals surface area contributed by atoms with E-state index in [4.69, 9.17) is 4.42 Å². The summed E-state index contributed by atoms with van der Waals surface area (Å²) in [4.78, 5) is 0. The van der Waals surface area contributed by atoms with Gasteiger partial charge in [-0.3, -0.25) is 0 Å². The summed E-state index contributed by atoms with van der Waals surface area (Å²) in [6.45, 7) is 1.53. The van der Waals surface area contributed by atoms with Crippen LogP contribution in [0.4, 0.5) is 6.01 Å². The van der Waals surface area contributed by atoms with Crippen LogP contribution in [0.15, 0.2) is 4.42 Å². The lowest BCUT2D eigenvalue weighted by Crippen LogP contribution is -2.30. The third-order valence-corrected chi connectivity index (χ3v) is 4.72. The summed E-state index contributed by atoms with van der Waals surface area (Å²) in [5.41, 5.74) is 0. The van der Waals surface area contributed by atoms with E-state index in [1.165, 1.54) is 25.7 Å². The molecule has 96 valence electrons. The van der Waals surface area contributed by atoms with E-state index in [9.17, 15) is 0 Å². The van der Waals surface area contributed by atoms with Crippen molar-refractivity contribution in [1.29, 1.82) is 0 Å². The SMILES string of the molecule is CNCc1nnc(NCC2(SC)CCCC2)o1. The highest BCUT2D eigenvalue weighted by molar-refractivity contribution is 8.00. The van der Waals surface area contributed by atoms with Crippen molar-refractivity contribution in [2.24, 2.45) is 0 Å². The molecule has 0 amide bonds. The summed E-state index contributed by atoms with van der Waals surface area (Å²) in [6.07, 6.45) is 7.40. The molecule has 0 saturated heterocycles. The van der Waals surface area contributed by atoms with Crippen molar-refractivity contribution in [3.8, 4) is 0 Å². The van der Waals surface area contributed by atoms with Crippen LogP contribution in [0.5, 0.6) is 0 Å². The van der Waals surface area contributed by atoms with Gasteiger partial charge in [-0.05, 0) is 26.1 Å². The van der Waals surface area contributed by atoms with Crippen molar-refractivity contribution >= 4 is 17.8 Å². The highest BCUT2D eigenvalue weighted by atomic mass is 32.2. The topological polar surface area (TPSA) is 63.0 Å². The minimum Gasteiger partial charge on any atom is -0.407 e. The Morgan fingerprint density at radius 3 is 2.76 bits per heavy atom. The van der Waals surface area contributed by atoms with Crippen LogP contribution in [-0.4, -0.2) is 34.8 Å². The van der Waals surface area contributed by atoms with Gasteiger partial charge in [0.05, 0.1) is 6.54 Å². The normalized spacial score (nSPS) is 18.5. The number of aromatic nitrogens is 2. The first kappa shape index (κ1) is 12.7. The highest BCUT2D eigenvalue weighted by Crippen LogP contribution is 2.40. The molecule has 17 heavy (non-hydrogen) atoms. The molecule has 1 aromatic heterocycles. The van der Waals surface area contributed by atoms with Crippen LogP contribution in [0.25, 0.3) is 0 Å². The van der Waals surface area contributed by atoms with Gasteiger partial charge in [-0.15, -0.1) is 5.10 Å². The Morgan fingerprint density at radius 2 is 2.12 bits per heavy atom. The van der Waals surface area contributed by atoms with Gasteiger partial charge in [0.15, 0.2) is 0 Å². The Balaban J connectivity index is 1.87. The van der Waals surface area contributed by atoms with E-state index >= 15 is 0 Å². The average molecular weight is 256 g/mol. The summed E-state index contributed by atoms with van der Waals surface area (Å²) in [5, 5.41) is 14.2. The molecule has 0 aliphatic heterocycles. The Labute approximate surface area is 106 Å². The summed E-state index contributed by atoms with van der Waals surface area (Å²) < 4.78 is 5.83. The van der Waals surface area contributed by atoms with Crippen LogP contribution in [0.2, 0.25) is 0 Å². The zero-order valence-corrected chi connectivity index (χ0v) is 11.3. The lowest BCUT2D eigenvalue weighted by Gasteiger charge is -2.26. The second-order valence-electron chi connectivity index (χ2n) is 4.48. The molecule has 0 radical (unpaired) electrons. The van der Waals surface area contributed by atoms with Gasteiger partial charge in [0.1, 0.15) is 0 Å². The predicted molar refractivity (Wildman–Crippen MR) is 70.3 cm³/mol. The van der Waals surface area contributed by atoms with Crippen LogP contribution >= 0.6 is 11.8 Å². The van der Waals surface area contributed by atoms with E-state index in [2.05, 4.69) is 27.1 Å². The van der Waals surface area contributed by atoms with Gasteiger partial charge >= 0.3 is 6.01 Å². The van der Waals surface area contributed by atoms with E-state index in [1.54, 1.807) is 0 Å². The third kappa shape index (κ3) is 3.13. The van der Waals surface area contributed by atoms with Gasteiger partial charge in [0, 0.05) is 11.3 Å². The molecule has 0 spiro atoms. The molecule has 5 nitrogen and oxygen atoms in total. The van der Waals surface area contributed by atoms with E-state index in [0.717, 1.165) is 6.54 Å². The number of rotatable bonds is 6. The first-order valence-corrected chi connectivity index (χ1v) is 7.26. The number of thioether (sulfide) groups is 1. The molecule has 1 heterocycles. The minimum absolute atomic E-state index is 0.359. The number of nitrogens with zero attached hydrogens (tertiary/aromatic N) is 2. The number of hydrogen-bond donors (Lipinski definition) is 2. The lowest BCUT2D eigenvalue weighted by atomic mass is 10.1. The molecule has 0 aromatic carbocycles. The Morgan fingerprint density at radius 1 is 1.35 bits per heavy atom. The van der Waals surface area contributed by atoms with Gasteiger partial charge in [0.2, 0.25) is 5.89 Å². The minimum atomic E-state index is 0.359. The quantitative estimate of drug-likeness (QED) is 0.810. The average Bonchev–Trinajstić information content (AvgIpc) is 2.96. The van der Waals surface area contributed by atoms with Crippen LogP contribution in [0.1, 0.15) is 31.6 Å². The molecule has 0 atom stereocenters. The van der Waals surface area contributed by atoms with Crippen molar-refractivity contribution in [3.05, 3.63) is 5.89 Å². The number of anilines is 1. The van der Waals surface area contributed by atoms with Gasteiger partial charge in [-0.25, -0.2) is 0 Å². The van der Waals surface area contributed by atoms with Gasteiger partial charge in [0.25, 0.3) is 0 Å². The van der Waals surface area contributed by atoms with E-state index in [-0.39, 0.29) is 0 Å². The summed E-state index contributed by atoms with van der Waals surface area (Å²) >= 11 is 1.95. The first-order chi connectivity index (χ1) is 8.28. The summed E-state index contributed by atoms with van der Waals surface area (Å²) in [7, 11) is 1.86. The van der Waals surface area contributed by atoms with Crippen LogP contribution in [-0.2, 0) is 6.54 Å². The van der Waals surface area contributed by atoms with E-state index in [1.807, 2.05) is 18.8 Å². The van der Waals surface area contributed by atoms with Crippen LogP contribution in [0, 0.1) is 0 Å². The fourth-order valence-electron chi connectivity index (χ4n) is 2.26. The predicted octanol–water partition coefficient (Wildman–Crippen LogP) is 1.88. The zero-order chi connectivity index (χ0) is 12.1. The maximum absolute atomic E-state index is 5.47. The highest BCUT2D eigenvalue weighted by Gasteiger charge is 2.33. The molecule has 0 bridgehead atoms. The van der Waals surface area contributed by atoms with Gasteiger partial charge < -0.3 is 15.1 Å². The monoisotopic (exact) mass is 256 g/mol. The molecular weight excluding hydrogens is 236 g/mol. The Bertz CT molecular complexity index is 349. The summed E-state index contributed by atoms with van der Waals surface area (Å²) in [5.74, 6) is 0.625.